The summed E-state index contributed by atoms with van der Waals surface area (Å²) in [5, 5.41) is 3.78. The zero-order valence-electron chi connectivity index (χ0n) is 13.3. The lowest BCUT2D eigenvalue weighted by Crippen LogP contribution is -2.39. The van der Waals surface area contributed by atoms with Gasteiger partial charge in [0.05, 0.1) is 6.10 Å². The SMILES string of the molecule is CCC(CCC1CCCO1)(CNC1CC1)c1ccccc1. The minimum absolute atomic E-state index is 0.274. The molecule has 3 rings (SSSR count). The number of rotatable bonds is 8. The Morgan fingerprint density at radius 2 is 2.00 bits per heavy atom. The van der Waals surface area contributed by atoms with Crippen molar-refractivity contribution in [2.75, 3.05) is 13.2 Å². The Balaban J connectivity index is 1.70. The van der Waals surface area contributed by atoms with Gasteiger partial charge in [0, 0.05) is 24.6 Å². The largest absolute Gasteiger partial charge is 0.378 e. The van der Waals surface area contributed by atoms with Crippen LogP contribution in [-0.2, 0) is 10.2 Å². The summed E-state index contributed by atoms with van der Waals surface area (Å²) in [4.78, 5) is 0. The van der Waals surface area contributed by atoms with E-state index in [2.05, 4.69) is 42.6 Å². The molecule has 2 aliphatic rings. The van der Waals surface area contributed by atoms with E-state index in [1.807, 2.05) is 0 Å². The van der Waals surface area contributed by atoms with Gasteiger partial charge in [0.25, 0.3) is 0 Å². The number of hydrogen-bond acceptors (Lipinski definition) is 2. The van der Waals surface area contributed by atoms with E-state index in [0.717, 1.165) is 19.2 Å². The Morgan fingerprint density at radius 1 is 1.19 bits per heavy atom. The van der Waals surface area contributed by atoms with Gasteiger partial charge in [0.15, 0.2) is 0 Å². The van der Waals surface area contributed by atoms with E-state index in [1.165, 1.54) is 50.5 Å². The highest BCUT2D eigenvalue weighted by atomic mass is 16.5. The Hall–Kier alpha value is -0.860. The molecule has 0 spiro atoms. The highest BCUT2D eigenvalue weighted by molar-refractivity contribution is 5.26. The van der Waals surface area contributed by atoms with Crippen LogP contribution in [0.15, 0.2) is 30.3 Å². The molecule has 1 N–H and O–H groups in total. The van der Waals surface area contributed by atoms with Gasteiger partial charge >= 0.3 is 0 Å². The first-order valence-electron chi connectivity index (χ1n) is 8.73. The first kappa shape index (κ1) is 15.1. The Labute approximate surface area is 129 Å². The highest BCUT2D eigenvalue weighted by Crippen LogP contribution is 2.35. The molecular weight excluding hydrogens is 258 g/mol. The van der Waals surface area contributed by atoms with Gasteiger partial charge in [0.2, 0.25) is 0 Å². The second-order valence-electron chi connectivity index (χ2n) is 6.83. The molecule has 2 nitrogen and oxygen atoms in total. The van der Waals surface area contributed by atoms with Gasteiger partial charge in [-0.15, -0.1) is 0 Å². The molecule has 0 radical (unpaired) electrons. The van der Waals surface area contributed by atoms with E-state index in [0.29, 0.717) is 6.10 Å². The maximum absolute atomic E-state index is 5.85. The summed E-state index contributed by atoms with van der Waals surface area (Å²) in [6.07, 6.45) is 9.36. The molecule has 2 heteroatoms. The van der Waals surface area contributed by atoms with Crippen LogP contribution in [0.1, 0.15) is 57.4 Å². The summed E-state index contributed by atoms with van der Waals surface area (Å²) in [7, 11) is 0. The molecule has 2 unspecified atom stereocenters. The van der Waals surface area contributed by atoms with Gasteiger partial charge in [-0.05, 0) is 50.5 Å². The smallest absolute Gasteiger partial charge is 0.0576 e. The van der Waals surface area contributed by atoms with E-state index in [-0.39, 0.29) is 5.41 Å². The normalized spacial score (nSPS) is 24.9. The fourth-order valence-electron chi connectivity index (χ4n) is 3.57. The van der Waals surface area contributed by atoms with Crippen molar-refractivity contribution in [3.8, 4) is 0 Å². The van der Waals surface area contributed by atoms with Crippen molar-refractivity contribution >= 4 is 0 Å². The highest BCUT2D eigenvalue weighted by Gasteiger charge is 2.33. The summed E-state index contributed by atoms with van der Waals surface area (Å²) >= 11 is 0. The third-order valence-corrected chi connectivity index (χ3v) is 5.34. The molecule has 116 valence electrons. The Morgan fingerprint density at radius 3 is 2.62 bits per heavy atom. The molecule has 21 heavy (non-hydrogen) atoms. The molecule has 2 fully saturated rings. The third-order valence-electron chi connectivity index (χ3n) is 5.34. The van der Waals surface area contributed by atoms with Crippen LogP contribution in [0.2, 0.25) is 0 Å². The molecule has 0 aromatic heterocycles. The van der Waals surface area contributed by atoms with E-state index >= 15 is 0 Å². The minimum Gasteiger partial charge on any atom is -0.378 e. The lowest BCUT2D eigenvalue weighted by Gasteiger charge is -2.35. The average molecular weight is 287 g/mol. The van der Waals surface area contributed by atoms with E-state index in [1.54, 1.807) is 0 Å². The lowest BCUT2D eigenvalue weighted by atomic mass is 9.73. The summed E-state index contributed by atoms with van der Waals surface area (Å²) in [6.45, 7) is 4.43. The topological polar surface area (TPSA) is 21.3 Å². The van der Waals surface area contributed by atoms with Crippen LogP contribution in [0, 0.1) is 0 Å². The van der Waals surface area contributed by atoms with Gasteiger partial charge in [-0.25, -0.2) is 0 Å². The van der Waals surface area contributed by atoms with E-state index in [9.17, 15) is 0 Å². The molecule has 1 aromatic rings. The molecule has 0 bridgehead atoms. The zero-order chi connectivity index (χ0) is 14.5. The van der Waals surface area contributed by atoms with Gasteiger partial charge < -0.3 is 10.1 Å². The summed E-state index contributed by atoms with van der Waals surface area (Å²) in [5.41, 5.74) is 1.77. The monoisotopic (exact) mass is 287 g/mol. The Kier molecular flexibility index (Phi) is 4.97. The second kappa shape index (κ2) is 6.93. The van der Waals surface area contributed by atoms with E-state index < -0.39 is 0 Å². The van der Waals surface area contributed by atoms with Crippen LogP contribution in [0.3, 0.4) is 0 Å². The van der Waals surface area contributed by atoms with Gasteiger partial charge in [-0.3, -0.25) is 0 Å². The van der Waals surface area contributed by atoms with Crippen molar-refractivity contribution in [3.63, 3.8) is 0 Å². The van der Waals surface area contributed by atoms with Crippen LogP contribution < -0.4 is 5.32 Å². The van der Waals surface area contributed by atoms with Crippen molar-refractivity contribution in [1.29, 1.82) is 0 Å². The van der Waals surface area contributed by atoms with E-state index in [4.69, 9.17) is 4.74 Å². The molecule has 1 saturated heterocycles. The zero-order valence-corrected chi connectivity index (χ0v) is 13.3. The molecule has 1 aromatic carbocycles. The first-order chi connectivity index (χ1) is 10.3. The molecule has 1 heterocycles. The predicted octanol–water partition coefficient (Wildman–Crippen LogP) is 4.05. The quantitative estimate of drug-likeness (QED) is 0.779. The van der Waals surface area contributed by atoms with Gasteiger partial charge in [-0.1, -0.05) is 37.3 Å². The third kappa shape index (κ3) is 3.87. The van der Waals surface area contributed by atoms with Crippen molar-refractivity contribution in [2.24, 2.45) is 0 Å². The average Bonchev–Trinajstić information content (AvgIpc) is 3.22. The number of nitrogens with one attached hydrogen (secondary N) is 1. The number of ether oxygens (including phenoxy) is 1. The fraction of sp³-hybridized carbons (Fsp3) is 0.684. The maximum atomic E-state index is 5.85. The van der Waals surface area contributed by atoms with Crippen LogP contribution in [0.5, 0.6) is 0 Å². The summed E-state index contributed by atoms with van der Waals surface area (Å²) in [6, 6.07) is 11.9. The lowest BCUT2D eigenvalue weighted by molar-refractivity contribution is 0.0947. The Bertz CT molecular complexity index is 422. The van der Waals surface area contributed by atoms with Crippen LogP contribution >= 0.6 is 0 Å². The summed E-state index contributed by atoms with van der Waals surface area (Å²) in [5.74, 6) is 0. The molecule has 1 saturated carbocycles. The van der Waals surface area contributed by atoms with Crippen molar-refractivity contribution < 1.29 is 4.74 Å². The molecule has 1 aliphatic heterocycles. The standard InChI is InChI=1S/C19H29NO/c1-2-19(15-20-17-10-11-17,16-7-4-3-5-8-16)13-12-18-9-6-14-21-18/h3-5,7-8,17-18,20H,2,6,9-15H2,1H3. The first-order valence-corrected chi connectivity index (χ1v) is 8.73. The second-order valence-corrected chi connectivity index (χ2v) is 6.83. The molecular formula is C19H29NO. The predicted molar refractivity (Wildman–Crippen MR) is 87.6 cm³/mol. The number of benzene rings is 1. The summed E-state index contributed by atoms with van der Waals surface area (Å²) < 4.78 is 5.85. The van der Waals surface area contributed by atoms with Crippen molar-refractivity contribution in [2.45, 2.75) is 69.4 Å². The maximum Gasteiger partial charge on any atom is 0.0576 e. The minimum atomic E-state index is 0.274. The van der Waals surface area contributed by atoms with Crippen LogP contribution in [-0.4, -0.2) is 25.3 Å². The van der Waals surface area contributed by atoms with Gasteiger partial charge in [0.1, 0.15) is 0 Å². The van der Waals surface area contributed by atoms with Crippen LogP contribution in [0.25, 0.3) is 0 Å². The fourth-order valence-corrected chi connectivity index (χ4v) is 3.57. The number of hydrogen-bond donors (Lipinski definition) is 1. The van der Waals surface area contributed by atoms with Crippen molar-refractivity contribution in [1.82, 2.24) is 5.32 Å². The van der Waals surface area contributed by atoms with Crippen molar-refractivity contribution in [3.05, 3.63) is 35.9 Å². The van der Waals surface area contributed by atoms with Gasteiger partial charge in [-0.2, -0.15) is 0 Å². The molecule has 0 amide bonds. The molecule has 2 atom stereocenters. The molecule has 1 aliphatic carbocycles. The van der Waals surface area contributed by atoms with Crippen LogP contribution in [0.4, 0.5) is 0 Å².